The third-order valence-corrected chi connectivity index (χ3v) is 6.88. The van der Waals surface area contributed by atoms with Crippen LogP contribution in [0.3, 0.4) is 0 Å². The molecule has 2 unspecified atom stereocenters. The van der Waals surface area contributed by atoms with Crippen LogP contribution in [-0.2, 0) is 25.5 Å². The van der Waals surface area contributed by atoms with Gasteiger partial charge in [0, 0.05) is 13.1 Å². The highest BCUT2D eigenvalue weighted by Gasteiger charge is 2.74. The van der Waals surface area contributed by atoms with Crippen LogP contribution in [0.4, 0.5) is 0 Å². The summed E-state index contributed by atoms with van der Waals surface area (Å²) in [5, 5.41) is 15.8. The van der Waals surface area contributed by atoms with Crippen molar-refractivity contribution >= 4 is 17.7 Å². The molecule has 1 aromatic rings. The van der Waals surface area contributed by atoms with Crippen molar-refractivity contribution in [2.75, 3.05) is 13.7 Å². The second-order valence-electron chi connectivity index (χ2n) is 9.11. The number of carbonyl (C=O) groups excluding carboxylic acids is 3. The van der Waals surface area contributed by atoms with Crippen LogP contribution in [0.15, 0.2) is 30.3 Å². The second kappa shape index (κ2) is 8.24. The molecule has 3 aliphatic rings. The summed E-state index contributed by atoms with van der Waals surface area (Å²) in [6.07, 6.45) is 1.21. The Kier molecular flexibility index (Phi) is 5.79. The van der Waals surface area contributed by atoms with E-state index in [1.165, 1.54) is 4.90 Å². The van der Waals surface area contributed by atoms with E-state index in [-0.39, 0.29) is 36.5 Å². The van der Waals surface area contributed by atoms with Crippen LogP contribution in [-0.4, -0.2) is 71.2 Å². The van der Waals surface area contributed by atoms with Crippen LogP contribution in [0, 0.1) is 11.8 Å². The fourth-order valence-electron chi connectivity index (χ4n) is 5.75. The van der Waals surface area contributed by atoms with Gasteiger partial charge in [-0.1, -0.05) is 30.3 Å². The van der Waals surface area contributed by atoms with Crippen LogP contribution in [0.1, 0.15) is 32.3 Å². The molecule has 3 amide bonds. The summed E-state index contributed by atoms with van der Waals surface area (Å²) < 4.78 is 6.31. The van der Waals surface area contributed by atoms with Crippen molar-refractivity contribution < 1.29 is 24.2 Å². The minimum absolute atomic E-state index is 0.116. The molecule has 0 radical (unpaired) electrons. The Morgan fingerprint density at radius 3 is 2.58 bits per heavy atom. The highest BCUT2D eigenvalue weighted by Crippen LogP contribution is 2.58. The van der Waals surface area contributed by atoms with Crippen molar-refractivity contribution in [2.45, 2.75) is 62.9 Å². The number of benzene rings is 1. The molecule has 31 heavy (non-hydrogen) atoms. The molecular weight excluding hydrogens is 398 g/mol. The van der Waals surface area contributed by atoms with Gasteiger partial charge in [-0.05, 0) is 38.7 Å². The quantitative estimate of drug-likeness (QED) is 0.575. The number of nitrogens with zero attached hydrogens (tertiary/aromatic N) is 1. The molecule has 3 aliphatic heterocycles. The van der Waals surface area contributed by atoms with Crippen LogP contribution in [0.5, 0.6) is 0 Å². The van der Waals surface area contributed by atoms with Gasteiger partial charge >= 0.3 is 0 Å². The van der Waals surface area contributed by atoms with Crippen LogP contribution >= 0.6 is 0 Å². The van der Waals surface area contributed by atoms with Gasteiger partial charge in [-0.25, -0.2) is 0 Å². The zero-order valence-electron chi connectivity index (χ0n) is 18.2. The number of amides is 3. The second-order valence-corrected chi connectivity index (χ2v) is 9.11. The van der Waals surface area contributed by atoms with Crippen molar-refractivity contribution in [1.29, 1.82) is 0 Å². The van der Waals surface area contributed by atoms with Gasteiger partial charge in [0.2, 0.25) is 17.7 Å². The van der Waals surface area contributed by atoms with E-state index >= 15 is 0 Å². The number of hydrogen-bond acceptors (Lipinski definition) is 5. The molecular formula is C23H31N3O5. The maximum Gasteiger partial charge on any atom is 0.246 e. The van der Waals surface area contributed by atoms with Gasteiger partial charge in [-0.15, -0.1) is 0 Å². The molecule has 168 valence electrons. The topological polar surface area (TPSA) is 108 Å². The number of nitrogens with one attached hydrogen (secondary N) is 2. The molecule has 3 saturated heterocycles. The molecule has 0 aromatic heterocycles. The highest BCUT2D eigenvalue weighted by molar-refractivity contribution is 5.99. The summed E-state index contributed by atoms with van der Waals surface area (Å²) in [5.41, 5.74) is -0.0813. The van der Waals surface area contributed by atoms with Crippen molar-refractivity contribution in [3.05, 3.63) is 35.9 Å². The molecule has 6 atom stereocenters. The van der Waals surface area contributed by atoms with E-state index in [2.05, 4.69) is 10.6 Å². The van der Waals surface area contributed by atoms with Gasteiger partial charge < -0.3 is 25.4 Å². The zero-order chi connectivity index (χ0) is 22.3. The third kappa shape index (κ3) is 3.42. The van der Waals surface area contributed by atoms with Crippen molar-refractivity contribution in [3.63, 3.8) is 0 Å². The molecule has 2 bridgehead atoms. The highest BCUT2D eigenvalue weighted by atomic mass is 16.5. The SMILES string of the molecule is CNC(=O)[C@@H]1[C@@H]2CCC3(O2)C(C(=O)NC(C)C)N([C@@H](CO)Cc2ccccc2)C(=O)[C@H]13. The largest absolute Gasteiger partial charge is 0.394 e. The molecule has 0 aliphatic carbocycles. The first kappa shape index (κ1) is 21.8. The summed E-state index contributed by atoms with van der Waals surface area (Å²) in [6, 6.07) is 7.98. The first-order chi connectivity index (χ1) is 14.8. The Morgan fingerprint density at radius 2 is 1.97 bits per heavy atom. The predicted molar refractivity (Wildman–Crippen MR) is 113 cm³/mol. The molecule has 8 nitrogen and oxygen atoms in total. The van der Waals surface area contributed by atoms with Gasteiger partial charge in [0.25, 0.3) is 0 Å². The number of rotatable bonds is 7. The fraction of sp³-hybridized carbons (Fsp3) is 0.609. The van der Waals surface area contributed by atoms with Gasteiger partial charge in [0.05, 0.1) is 30.6 Å². The lowest BCUT2D eigenvalue weighted by Gasteiger charge is -2.37. The third-order valence-electron chi connectivity index (χ3n) is 6.88. The van der Waals surface area contributed by atoms with E-state index in [1.54, 1.807) is 7.05 Å². The maximum absolute atomic E-state index is 13.8. The van der Waals surface area contributed by atoms with E-state index in [0.717, 1.165) is 5.56 Å². The van der Waals surface area contributed by atoms with E-state index in [9.17, 15) is 19.5 Å². The Balaban J connectivity index is 1.75. The summed E-state index contributed by atoms with van der Waals surface area (Å²) in [6.45, 7) is 3.44. The van der Waals surface area contributed by atoms with Gasteiger partial charge in [0.15, 0.2) is 0 Å². The zero-order valence-corrected chi connectivity index (χ0v) is 18.2. The molecule has 4 rings (SSSR count). The number of carbonyl (C=O) groups is 3. The number of aliphatic hydroxyl groups is 1. The van der Waals surface area contributed by atoms with E-state index in [4.69, 9.17) is 4.74 Å². The van der Waals surface area contributed by atoms with E-state index in [0.29, 0.717) is 19.3 Å². The average molecular weight is 430 g/mol. The summed E-state index contributed by atoms with van der Waals surface area (Å²) >= 11 is 0. The molecule has 8 heteroatoms. The number of hydrogen-bond donors (Lipinski definition) is 3. The van der Waals surface area contributed by atoms with Gasteiger partial charge in [-0.2, -0.15) is 0 Å². The van der Waals surface area contributed by atoms with Crippen molar-refractivity contribution in [2.24, 2.45) is 11.8 Å². The normalized spacial score (nSPS) is 32.3. The maximum atomic E-state index is 13.8. The van der Waals surface area contributed by atoms with Crippen LogP contribution in [0.2, 0.25) is 0 Å². The van der Waals surface area contributed by atoms with E-state index in [1.807, 2.05) is 44.2 Å². The van der Waals surface area contributed by atoms with Crippen LogP contribution in [0.25, 0.3) is 0 Å². The number of likely N-dealkylation sites (tertiary alicyclic amines) is 1. The van der Waals surface area contributed by atoms with E-state index < -0.39 is 29.5 Å². The standard InChI is InChI=1S/C23H31N3O5/c1-13(2)25-21(29)19-23-10-9-16(31-23)17(20(28)24-3)18(23)22(30)26(19)15(12-27)11-14-7-5-4-6-8-14/h4-8,13,15-19,27H,9-12H2,1-3H3,(H,24,28)(H,25,29)/t15-,16+,17-,18+,19?,23?/m1/s1. The van der Waals surface area contributed by atoms with Gasteiger partial charge in [0.1, 0.15) is 11.6 Å². The Bertz CT molecular complexity index is 860. The lowest BCUT2D eigenvalue weighted by Crippen LogP contribution is -2.59. The minimum Gasteiger partial charge on any atom is -0.394 e. The smallest absolute Gasteiger partial charge is 0.246 e. The lowest BCUT2D eigenvalue weighted by molar-refractivity contribution is -0.145. The minimum atomic E-state index is -1.04. The fourth-order valence-corrected chi connectivity index (χ4v) is 5.75. The van der Waals surface area contributed by atoms with Crippen LogP contribution < -0.4 is 10.6 Å². The number of fused-ring (bicyclic) bond motifs is 1. The molecule has 3 heterocycles. The molecule has 1 aromatic carbocycles. The molecule has 3 fully saturated rings. The Hall–Kier alpha value is -2.45. The Morgan fingerprint density at radius 1 is 1.26 bits per heavy atom. The first-order valence-corrected chi connectivity index (χ1v) is 11.0. The monoisotopic (exact) mass is 429 g/mol. The van der Waals surface area contributed by atoms with Crippen molar-refractivity contribution in [3.8, 4) is 0 Å². The summed E-state index contributed by atoms with van der Waals surface area (Å²) in [4.78, 5) is 41.3. The number of ether oxygens (including phenoxy) is 1. The average Bonchev–Trinajstić information content (AvgIpc) is 3.39. The molecule has 3 N–H and O–H groups in total. The summed E-state index contributed by atoms with van der Waals surface area (Å²) in [5.74, 6) is -2.16. The Labute approximate surface area is 182 Å². The van der Waals surface area contributed by atoms with Crippen molar-refractivity contribution in [1.82, 2.24) is 15.5 Å². The molecule has 0 saturated carbocycles. The molecule has 1 spiro atoms. The lowest BCUT2D eigenvalue weighted by atomic mass is 9.70. The number of aliphatic hydroxyl groups excluding tert-OH is 1. The van der Waals surface area contributed by atoms with Gasteiger partial charge in [-0.3, -0.25) is 14.4 Å². The predicted octanol–water partition coefficient (Wildman–Crippen LogP) is 0.235. The summed E-state index contributed by atoms with van der Waals surface area (Å²) in [7, 11) is 1.55. The first-order valence-electron chi connectivity index (χ1n) is 11.0.